The molecule has 4 nitrogen and oxygen atoms in total. The Kier molecular flexibility index (Phi) is 5.02. The molecule has 1 atom stereocenters. The monoisotopic (exact) mass is 224 g/mol. The first-order valence-electron chi connectivity index (χ1n) is 5.88. The van der Waals surface area contributed by atoms with Crippen LogP contribution in [0.15, 0.2) is 11.8 Å². The summed E-state index contributed by atoms with van der Waals surface area (Å²) >= 11 is 0. The van der Waals surface area contributed by atoms with Crippen LogP contribution in [0.2, 0.25) is 0 Å². The van der Waals surface area contributed by atoms with Crippen molar-refractivity contribution in [1.29, 1.82) is 0 Å². The van der Waals surface area contributed by atoms with E-state index in [1.165, 1.54) is 0 Å². The minimum absolute atomic E-state index is 0.0618. The summed E-state index contributed by atoms with van der Waals surface area (Å²) in [5.74, 6) is 0.235. The summed E-state index contributed by atoms with van der Waals surface area (Å²) in [6.07, 6.45) is 4.41. The van der Waals surface area contributed by atoms with Crippen LogP contribution in [0.4, 0.5) is 0 Å². The maximum absolute atomic E-state index is 11.4. The smallest absolute Gasteiger partial charge is 0.221 e. The van der Waals surface area contributed by atoms with Gasteiger partial charge in [0.05, 0.1) is 0 Å². The number of carbonyl (C=O) groups is 2. The highest BCUT2D eigenvalue weighted by molar-refractivity contribution is 5.92. The number of carbonyl (C=O) groups excluding carboxylic acids is 2. The lowest BCUT2D eigenvalue weighted by molar-refractivity contribution is -0.121. The van der Waals surface area contributed by atoms with Gasteiger partial charge in [0.2, 0.25) is 5.91 Å². The van der Waals surface area contributed by atoms with E-state index in [2.05, 4.69) is 10.6 Å². The van der Waals surface area contributed by atoms with Crippen molar-refractivity contribution in [2.45, 2.75) is 45.6 Å². The van der Waals surface area contributed by atoms with E-state index in [1.54, 1.807) is 6.08 Å². The van der Waals surface area contributed by atoms with Gasteiger partial charge in [-0.15, -0.1) is 0 Å². The fraction of sp³-hybridized carbons (Fsp3) is 0.667. The van der Waals surface area contributed by atoms with Crippen LogP contribution >= 0.6 is 0 Å². The van der Waals surface area contributed by atoms with Crippen molar-refractivity contribution in [2.24, 2.45) is 0 Å². The molecule has 0 bridgehead atoms. The highest BCUT2D eigenvalue weighted by Crippen LogP contribution is 2.11. The van der Waals surface area contributed by atoms with E-state index < -0.39 is 0 Å². The van der Waals surface area contributed by atoms with Crippen molar-refractivity contribution in [3.63, 3.8) is 0 Å². The number of rotatable bonds is 6. The number of ketones is 1. The second-order valence-electron chi connectivity index (χ2n) is 4.19. The maximum atomic E-state index is 11.4. The number of hydrogen-bond donors (Lipinski definition) is 2. The summed E-state index contributed by atoms with van der Waals surface area (Å²) in [6.45, 7) is 4.63. The third-order valence-electron chi connectivity index (χ3n) is 2.70. The fourth-order valence-electron chi connectivity index (χ4n) is 1.52. The van der Waals surface area contributed by atoms with Gasteiger partial charge in [0.1, 0.15) is 0 Å². The first kappa shape index (κ1) is 12.7. The fourth-order valence-corrected chi connectivity index (χ4v) is 1.52. The number of nitrogens with one attached hydrogen (secondary N) is 2. The van der Waals surface area contributed by atoms with Crippen molar-refractivity contribution in [1.82, 2.24) is 10.6 Å². The highest BCUT2D eigenvalue weighted by atomic mass is 16.1. The average molecular weight is 224 g/mol. The Morgan fingerprint density at radius 1 is 1.50 bits per heavy atom. The Bertz CT molecular complexity index is 297. The first-order chi connectivity index (χ1) is 7.61. The molecule has 0 fully saturated rings. The minimum Gasteiger partial charge on any atom is -0.388 e. The summed E-state index contributed by atoms with van der Waals surface area (Å²) in [4.78, 5) is 22.4. The van der Waals surface area contributed by atoms with Crippen LogP contribution in [0.3, 0.4) is 0 Å². The van der Waals surface area contributed by atoms with E-state index >= 15 is 0 Å². The van der Waals surface area contributed by atoms with Gasteiger partial charge in [-0.1, -0.05) is 6.92 Å². The molecule has 1 aliphatic carbocycles. The van der Waals surface area contributed by atoms with Gasteiger partial charge in [-0.3, -0.25) is 9.59 Å². The largest absolute Gasteiger partial charge is 0.388 e. The quantitative estimate of drug-likeness (QED) is 0.711. The Labute approximate surface area is 96.5 Å². The van der Waals surface area contributed by atoms with Crippen molar-refractivity contribution in [2.75, 3.05) is 6.54 Å². The summed E-state index contributed by atoms with van der Waals surface area (Å²) in [7, 11) is 0. The van der Waals surface area contributed by atoms with Crippen LogP contribution in [0.1, 0.15) is 39.5 Å². The number of hydrogen-bond acceptors (Lipinski definition) is 3. The van der Waals surface area contributed by atoms with E-state index in [0.717, 1.165) is 18.5 Å². The molecule has 16 heavy (non-hydrogen) atoms. The normalized spacial score (nSPS) is 16.9. The SMILES string of the molecule is CCC(C)NC(=O)CCNC1=CC(=O)CC1. The molecule has 1 amide bonds. The van der Waals surface area contributed by atoms with Gasteiger partial charge in [0, 0.05) is 37.2 Å². The lowest BCUT2D eigenvalue weighted by atomic mass is 10.2. The molecule has 1 unspecified atom stereocenters. The molecule has 0 radical (unpaired) electrons. The van der Waals surface area contributed by atoms with Crippen molar-refractivity contribution >= 4 is 11.7 Å². The molecule has 0 aliphatic heterocycles. The lowest BCUT2D eigenvalue weighted by Gasteiger charge is -2.12. The molecule has 1 rings (SSSR count). The Balaban J connectivity index is 2.13. The van der Waals surface area contributed by atoms with E-state index in [0.29, 0.717) is 19.4 Å². The molecule has 0 heterocycles. The van der Waals surface area contributed by atoms with Crippen molar-refractivity contribution in [3.05, 3.63) is 11.8 Å². The average Bonchev–Trinajstić information content (AvgIpc) is 2.64. The van der Waals surface area contributed by atoms with Gasteiger partial charge >= 0.3 is 0 Å². The second kappa shape index (κ2) is 6.30. The van der Waals surface area contributed by atoms with E-state index in [1.807, 2.05) is 13.8 Å². The summed E-state index contributed by atoms with van der Waals surface area (Å²) in [6, 6.07) is 0.236. The molecule has 0 spiro atoms. The summed E-state index contributed by atoms with van der Waals surface area (Å²) < 4.78 is 0. The van der Waals surface area contributed by atoms with Crippen LogP contribution in [0.25, 0.3) is 0 Å². The maximum Gasteiger partial charge on any atom is 0.221 e. The van der Waals surface area contributed by atoms with Crippen molar-refractivity contribution in [3.8, 4) is 0 Å². The number of allylic oxidation sites excluding steroid dienone is 2. The molecule has 0 aromatic heterocycles. The zero-order valence-electron chi connectivity index (χ0n) is 10.0. The molecule has 0 aromatic rings. The zero-order chi connectivity index (χ0) is 12.0. The van der Waals surface area contributed by atoms with Gasteiger partial charge in [0.25, 0.3) is 0 Å². The van der Waals surface area contributed by atoms with Crippen LogP contribution in [-0.2, 0) is 9.59 Å². The van der Waals surface area contributed by atoms with Gasteiger partial charge < -0.3 is 10.6 Å². The third kappa shape index (κ3) is 4.47. The van der Waals surface area contributed by atoms with Gasteiger partial charge in [-0.2, -0.15) is 0 Å². The van der Waals surface area contributed by atoms with E-state index in [-0.39, 0.29) is 17.7 Å². The molecule has 2 N–H and O–H groups in total. The molecule has 0 aromatic carbocycles. The zero-order valence-corrected chi connectivity index (χ0v) is 10.0. The van der Waals surface area contributed by atoms with E-state index in [9.17, 15) is 9.59 Å². The standard InChI is InChI=1S/C12H20N2O2/c1-3-9(2)14-12(16)6-7-13-10-4-5-11(15)8-10/h8-9,13H,3-7H2,1-2H3,(H,14,16). The van der Waals surface area contributed by atoms with Crippen LogP contribution in [-0.4, -0.2) is 24.3 Å². The Morgan fingerprint density at radius 3 is 2.81 bits per heavy atom. The predicted octanol–water partition coefficient (Wildman–Crippen LogP) is 1.13. The molecule has 0 saturated carbocycles. The van der Waals surface area contributed by atoms with Crippen molar-refractivity contribution < 1.29 is 9.59 Å². The third-order valence-corrected chi connectivity index (χ3v) is 2.70. The van der Waals surface area contributed by atoms with Gasteiger partial charge in [-0.05, 0) is 19.8 Å². The topological polar surface area (TPSA) is 58.2 Å². The molecular weight excluding hydrogens is 204 g/mol. The molecule has 0 saturated heterocycles. The highest BCUT2D eigenvalue weighted by Gasteiger charge is 2.11. The second-order valence-corrected chi connectivity index (χ2v) is 4.19. The van der Waals surface area contributed by atoms with Crippen LogP contribution in [0, 0.1) is 0 Å². The molecular formula is C12H20N2O2. The Hall–Kier alpha value is -1.32. The minimum atomic E-state index is 0.0618. The molecule has 4 heteroatoms. The summed E-state index contributed by atoms with van der Waals surface area (Å²) in [5.41, 5.74) is 0.960. The Morgan fingerprint density at radius 2 is 2.25 bits per heavy atom. The first-order valence-corrected chi connectivity index (χ1v) is 5.88. The molecule has 1 aliphatic rings. The van der Waals surface area contributed by atoms with Crippen LogP contribution < -0.4 is 10.6 Å². The summed E-state index contributed by atoms with van der Waals surface area (Å²) in [5, 5.41) is 6.01. The lowest BCUT2D eigenvalue weighted by Crippen LogP contribution is -2.33. The molecule has 90 valence electrons. The van der Waals surface area contributed by atoms with E-state index in [4.69, 9.17) is 0 Å². The van der Waals surface area contributed by atoms with Gasteiger partial charge in [-0.25, -0.2) is 0 Å². The van der Waals surface area contributed by atoms with Crippen LogP contribution in [0.5, 0.6) is 0 Å². The predicted molar refractivity (Wildman–Crippen MR) is 62.8 cm³/mol. The van der Waals surface area contributed by atoms with Gasteiger partial charge in [0.15, 0.2) is 5.78 Å². The number of amides is 1.